The summed E-state index contributed by atoms with van der Waals surface area (Å²) in [5.74, 6) is 1.18. The Bertz CT molecular complexity index is 909. The second kappa shape index (κ2) is 8.88. The number of aliphatic imine (C=N–C) groups is 1. The Morgan fingerprint density at radius 3 is 2.71 bits per heavy atom. The van der Waals surface area contributed by atoms with Gasteiger partial charge in [-0.2, -0.15) is 0 Å². The minimum absolute atomic E-state index is 0.453. The predicted molar refractivity (Wildman–Crippen MR) is 122 cm³/mol. The summed E-state index contributed by atoms with van der Waals surface area (Å²) < 4.78 is 7.86. The fourth-order valence-electron chi connectivity index (χ4n) is 4.04. The molecule has 1 fully saturated rings. The lowest BCUT2D eigenvalue weighted by molar-refractivity contribution is 0.0844. The van der Waals surface area contributed by atoms with E-state index in [1.165, 1.54) is 17.6 Å². The first-order chi connectivity index (χ1) is 13.5. The molecule has 0 spiro atoms. The second-order valence-corrected chi connectivity index (χ2v) is 7.95. The van der Waals surface area contributed by atoms with E-state index in [1.54, 1.807) is 0 Å². The molecule has 3 heterocycles. The van der Waals surface area contributed by atoms with Crippen molar-refractivity contribution in [1.82, 2.24) is 4.40 Å². The number of ether oxygens (including phenoxy) is 1. The van der Waals surface area contributed by atoms with E-state index in [-0.39, 0.29) is 0 Å². The highest BCUT2D eigenvalue weighted by Crippen LogP contribution is 2.33. The minimum Gasteiger partial charge on any atom is -0.399 e. The molecule has 0 saturated carbocycles. The van der Waals surface area contributed by atoms with E-state index in [2.05, 4.69) is 59.6 Å². The van der Waals surface area contributed by atoms with E-state index in [4.69, 9.17) is 10.5 Å². The van der Waals surface area contributed by atoms with Crippen LogP contribution in [0.1, 0.15) is 36.5 Å². The van der Waals surface area contributed by atoms with Crippen molar-refractivity contribution in [2.75, 3.05) is 31.7 Å². The zero-order valence-electron chi connectivity index (χ0n) is 17.1. The molecule has 1 saturated heterocycles. The maximum absolute atomic E-state index is 6.15. The zero-order valence-corrected chi connectivity index (χ0v) is 17.9. The van der Waals surface area contributed by atoms with Crippen LogP contribution in [-0.2, 0) is 4.74 Å². The number of fused-ring (bicyclic) bond motifs is 1. The molecular weight excluding hydrogens is 368 g/mol. The van der Waals surface area contributed by atoms with Gasteiger partial charge < -0.3 is 19.8 Å². The van der Waals surface area contributed by atoms with Gasteiger partial charge in [-0.05, 0) is 49.8 Å². The van der Waals surface area contributed by atoms with Crippen molar-refractivity contribution in [3.05, 3.63) is 53.6 Å². The Morgan fingerprint density at radius 2 is 2.14 bits per heavy atom. The molecule has 0 radical (unpaired) electrons. The molecule has 28 heavy (non-hydrogen) atoms. The first kappa shape index (κ1) is 20.6. The normalized spacial score (nSPS) is 15.8. The van der Waals surface area contributed by atoms with E-state index < -0.39 is 0 Å². The van der Waals surface area contributed by atoms with Gasteiger partial charge >= 0.3 is 0 Å². The molecule has 3 rings (SSSR count). The van der Waals surface area contributed by atoms with Gasteiger partial charge in [0.1, 0.15) is 10.9 Å². The lowest BCUT2D eigenvalue weighted by Crippen LogP contribution is -2.41. The monoisotopic (exact) mass is 398 g/mol. The summed E-state index contributed by atoms with van der Waals surface area (Å²) in [5.41, 5.74) is 11.1. The topological polar surface area (TPSA) is 55.3 Å². The number of thioether (sulfide) groups is 1. The molecule has 2 N–H and O–H groups in total. The Morgan fingerprint density at radius 1 is 1.43 bits per heavy atom. The van der Waals surface area contributed by atoms with Crippen molar-refractivity contribution in [3.8, 4) is 0 Å². The summed E-state index contributed by atoms with van der Waals surface area (Å²) in [6, 6.07) is 4.73. The van der Waals surface area contributed by atoms with Gasteiger partial charge in [-0.25, -0.2) is 0 Å². The smallest absolute Gasteiger partial charge is 0.117 e. The highest BCUT2D eigenvalue weighted by Gasteiger charge is 2.25. The number of hydrogen-bond donors (Lipinski definition) is 1. The van der Waals surface area contributed by atoms with Crippen LogP contribution >= 0.6 is 11.8 Å². The average molecular weight is 399 g/mol. The van der Waals surface area contributed by atoms with E-state index in [0.717, 1.165) is 59.9 Å². The highest BCUT2D eigenvalue weighted by molar-refractivity contribution is 8.16. The first-order valence-corrected chi connectivity index (χ1v) is 10.6. The maximum atomic E-state index is 6.15. The first-order valence-electron chi connectivity index (χ1n) is 9.71. The zero-order chi connectivity index (χ0) is 20.3. The van der Waals surface area contributed by atoms with Crippen LogP contribution in [0.3, 0.4) is 0 Å². The summed E-state index contributed by atoms with van der Waals surface area (Å²) in [6.07, 6.45) is 4.23. The largest absolute Gasteiger partial charge is 0.399 e. The van der Waals surface area contributed by atoms with E-state index in [1.807, 2.05) is 12.5 Å². The van der Waals surface area contributed by atoms with Crippen molar-refractivity contribution < 1.29 is 4.74 Å². The van der Waals surface area contributed by atoms with Crippen molar-refractivity contribution in [2.24, 2.45) is 10.7 Å². The summed E-state index contributed by atoms with van der Waals surface area (Å²) in [4.78, 5) is 6.92. The Labute approximate surface area is 172 Å². The molecule has 1 aliphatic heterocycles. The molecule has 0 atom stereocenters. The van der Waals surface area contributed by atoms with E-state index in [9.17, 15) is 0 Å². The maximum Gasteiger partial charge on any atom is 0.117 e. The third kappa shape index (κ3) is 3.84. The van der Waals surface area contributed by atoms with Gasteiger partial charge in [-0.1, -0.05) is 24.9 Å². The van der Waals surface area contributed by atoms with E-state index >= 15 is 0 Å². The van der Waals surface area contributed by atoms with Crippen LogP contribution in [0.4, 0.5) is 5.82 Å². The van der Waals surface area contributed by atoms with Gasteiger partial charge in [0, 0.05) is 61.4 Å². The van der Waals surface area contributed by atoms with Gasteiger partial charge in [0.25, 0.3) is 0 Å². The van der Waals surface area contributed by atoms with E-state index in [0.29, 0.717) is 11.7 Å². The summed E-state index contributed by atoms with van der Waals surface area (Å²) >= 11 is 1.54. The standard InChI is InChI=1S/C22H30N4OS/c1-6-25(18-8-10-27-11-9-18)22-15(3)20(16(4)23)13-19-12-17(14-26(19)22)21(24-5)28-7-2/h7,12-14,18H,2,4,6,8-11,23H2,1,3,5H3. The molecule has 0 bridgehead atoms. The number of aromatic nitrogens is 1. The molecule has 0 unspecified atom stereocenters. The molecular formula is C22H30N4OS. The Hall–Kier alpha value is -2.18. The third-order valence-electron chi connectivity index (χ3n) is 5.34. The van der Waals surface area contributed by atoms with Gasteiger partial charge in [-0.3, -0.25) is 4.99 Å². The lowest BCUT2D eigenvalue weighted by Gasteiger charge is -2.37. The van der Waals surface area contributed by atoms with Gasteiger partial charge in [0.2, 0.25) is 0 Å². The number of nitrogens with zero attached hydrogens (tertiary/aromatic N) is 3. The second-order valence-electron chi connectivity index (χ2n) is 7.00. The van der Waals surface area contributed by atoms with Crippen LogP contribution in [0.5, 0.6) is 0 Å². The number of hydrogen-bond acceptors (Lipinski definition) is 5. The van der Waals surface area contributed by atoms with Gasteiger partial charge in [0.15, 0.2) is 0 Å². The average Bonchev–Trinajstić information content (AvgIpc) is 3.12. The molecule has 2 aromatic heterocycles. The Kier molecular flexibility index (Phi) is 6.52. The van der Waals surface area contributed by atoms with Crippen molar-refractivity contribution >= 4 is 33.8 Å². The third-order valence-corrected chi connectivity index (χ3v) is 6.15. The summed E-state index contributed by atoms with van der Waals surface area (Å²) in [5, 5.41) is 2.76. The minimum atomic E-state index is 0.453. The van der Waals surface area contributed by atoms with Gasteiger partial charge in [-0.15, -0.1) is 0 Å². The van der Waals surface area contributed by atoms with Gasteiger partial charge in [0.05, 0.1) is 0 Å². The number of anilines is 1. The number of nitrogens with two attached hydrogens (primary N) is 1. The fraction of sp³-hybridized carbons (Fsp3) is 0.409. The van der Waals surface area contributed by atoms with Crippen LogP contribution in [0.2, 0.25) is 0 Å². The van der Waals surface area contributed by atoms with Crippen molar-refractivity contribution in [3.63, 3.8) is 0 Å². The number of rotatable bonds is 6. The number of pyridine rings is 1. The molecule has 0 aliphatic carbocycles. The van der Waals surface area contributed by atoms with Crippen LogP contribution in [0.25, 0.3) is 11.2 Å². The van der Waals surface area contributed by atoms with Crippen LogP contribution in [-0.4, -0.2) is 42.3 Å². The predicted octanol–water partition coefficient (Wildman–Crippen LogP) is 4.44. The lowest BCUT2D eigenvalue weighted by atomic mass is 10.0. The Balaban J connectivity index is 2.22. The van der Waals surface area contributed by atoms with Crippen LogP contribution in [0.15, 0.2) is 41.9 Å². The SMILES string of the molecule is C=CSC(=NC)c1cc2cc(C(=C)N)c(C)c(N(CC)C3CCOCC3)n2c1. The molecule has 2 aromatic rings. The molecule has 6 heteroatoms. The molecule has 0 amide bonds. The fourth-order valence-corrected chi connectivity index (χ4v) is 4.55. The van der Waals surface area contributed by atoms with Crippen molar-refractivity contribution in [2.45, 2.75) is 32.7 Å². The molecule has 0 aromatic carbocycles. The summed E-state index contributed by atoms with van der Waals surface area (Å²) in [7, 11) is 1.81. The quantitative estimate of drug-likeness (QED) is 0.577. The highest BCUT2D eigenvalue weighted by atomic mass is 32.2. The van der Waals surface area contributed by atoms with Crippen LogP contribution in [0, 0.1) is 6.92 Å². The van der Waals surface area contributed by atoms with Crippen molar-refractivity contribution in [1.29, 1.82) is 0 Å². The molecule has 150 valence electrons. The van der Waals surface area contributed by atoms with Crippen LogP contribution < -0.4 is 10.6 Å². The molecule has 1 aliphatic rings. The summed E-state index contributed by atoms with van der Waals surface area (Å²) in [6.45, 7) is 14.7. The molecule has 5 nitrogen and oxygen atoms in total.